The molecule has 0 aromatic heterocycles. The van der Waals surface area contributed by atoms with Gasteiger partial charge in [-0.1, -0.05) is 17.7 Å². The minimum atomic E-state index is -1.37. The number of hydrogen-bond donors (Lipinski definition) is 3. The van der Waals surface area contributed by atoms with Gasteiger partial charge in [0.15, 0.2) is 0 Å². The van der Waals surface area contributed by atoms with E-state index in [0.29, 0.717) is 5.75 Å². The summed E-state index contributed by atoms with van der Waals surface area (Å²) in [5, 5.41) is 11.6. The quantitative estimate of drug-likeness (QED) is 0.646. The third-order valence-corrected chi connectivity index (χ3v) is 2.61. The molecule has 0 heterocycles. The molecule has 0 spiro atoms. The van der Waals surface area contributed by atoms with Gasteiger partial charge < -0.3 is 20.9 Å². The molecular weight excluding hydrogens is 248 g/mol. The predicted molar refractivity (Wildman–Crippen MR) is 69.6 cm³/mol. The lowest BCUT2D eigenvalue weighted by molar-refractivity contribution is -0.126. The number of aliphatic hydroxyl groups excluding tert-OH is 1. The van der Waals surface area contributed by atoms with Gasteiger partial charge in [0.05, 0.1) is 20.1 Å². The Morgan fingerprint density at radius 3 is 2.74 bits per heavy atom. The normalized spacial score (nSPS) is 11.7. The lowest BCUT2D eigenvalue weighted by atomic mass is 10.1. The highest BCUT2D eigenvalue weighted by Gasteiger charge is 2.13. The number of nitrogens with two attached hydrogens (primary N) is 1. The van der Waals surface area contributed by atoms with Crippen LogP contribution in [0.5, 0.6) is 5.75 Å². The number of amides is 2. The summed E-state index contributed by atoms with van der Waals surface area (Å²) in [4.78, 5) is 22.3. The highest BCUT2D eigenvalue weighted by atomic mass is 16.5. The lowest BCUT2D eigenvalue weighted by Crippen LogP contribution is -2.40. The topological polar surface area (TPSA) is 102 Å². The molecule has 6 heteroatoms. The van der Waals surface area contributed by atoms with Crippen molar-refractivity contribution >= 4 is 11.8 Å². The minimum absolute atomic E-state index is 0.107. The fourth-order valence-corrected chi connectivity index (χ4v) is 1.59. The summed E-state index contributed by atoms with van der Waals surface area (Å²) >= 11 is 0. The van der Waals surface area contributed by atoms with Crippen LogP contribution >= 0.6 is 0 Å². The van der Waals surface area contributed by atoms with Gasteiger partial charge in [-0.25, -0.2) is 0 Å². The highest BCUT2D eigenvalue weighted by Crippen LogP contribution is 2.19. The third-order valence-electron chi connectivity index (χ3n) is 2.61. The van der Waals surface area contributed by atoms with E-state index in [1.807, 2.05) is 19.1 Å². The molecule has 4 N–H and O–H groups in total. The number of carbonyl (C=O) groups is 2. The number of rotatable bonds is 6. The zero-order valence-corrected chi connectivity index (χ0v) is 11.0. The fraction of sp³-hybridized carbons (Fsp3) is 0.385. The van der Waals surface area contributed by atoms with Crippen LogP contribution in [0, 0.1) is 6.92 Å². The molecule has 19 heavy (non-hydrogen) atoms. The molecule has 1 unspecified atom stereocenters. The second-order valence-electron chi connectivity index (χ2n) is 4.21. The Bertz CT molecular complexity index is 474. The van der Waals surface area contributed by atoms with E-state index in [4.69, 9.17) is 10.5 Å². The largest absolute Gasteiger partial charge is 0.496 e. The Balaban J connectivity index is 2.62. The van der Waals surface area contributed by atoms with Crippen LogP contribution in [0.1, 0.15) is 11.1 Å². The summed E-state index contributed by atoms with van der Waals surface area (Å²) in [5.74, 6) is -0.561. The van der Waals surface area contributed by atoms with E-state index in [9.17, 15) is 14.7 Å². The molecule has 2 amide bonds. The monoisotopic (exact) mass is 266 g/mol. The number of benzene rings is 1. The average molecular weight is 266 g/mol. The Kier molecular flexibility index (Phi) is 5.32. The summed E-state index contributed by atoms with van der Waals surface area (Å²) in [6.07, 6.45) is -1.26. The van der Waals surface area contributed by atoms with Crippen molar-refractivity contribution in [2.24, 2.45) is 5.73 Å². The molecule has 0 bridgehead atoms. The molecular formula is C13H18N2O4. The summed E-state index contributed by atoms with van der Waals surface area (Å²) in [6.45, 7) is 1.72. The molecule has 0 aliphatic heterocycles. The van der Waals surface area contributed by atoms with Gasteiger partial charge in [0.1, 0.15) is 11.9 Å². The van der Waals surface area contributed by atoms with Gasteiger partial charge in [-0.3, -0.25) is 9.59 Å². The van der Waals surface area contributed by atoms with Crippen LogP contribution in [-0.4, -0.2) is 36.7 Å². The highest BCUT2D eigenvalue weighted by molar-refractivity contribution is 5.82. The SMILES string of the molecule is COc1ccc(C)cc1CC(=O)NCC(O)C(N)=O. The Morgan fingerprint density at radius 1 is 1.47 bits per heavy atom. The summed E-state index contributed by atoms with van der Waals surface area (Å²) in [6, 6.07) is 5.52. The van der Waals surface area contributed by atoms with Gasteiger partial charge >= 0.3 is 0 Å². The second-order valence-corrected chi connectivity index (χ2v) is 4.21. The van der Waals surface area contributed by atoms with E-state index >= 15 is 0 Å². The number of hydrogen-bond acceptors (Lipinski definition) is 4. The maximum Gasteiger partial charge on any atom is 0.248 e. The molecule has 0 fully saturated rings. The molecule has 104 valence electrons. The smallest absolute Gasteiger partial charge is 0.248 e. The minimum Gasteiger partial charge on any atom is -0.496 e. The first-order chi connectivity index (χ1) is 8.93. The number of methoxy groups -OCH3 is 1. The van der Waals surface area contributed by atoms with Crippen molar-refractivity contribution in [2.45, 2.75) is 19.4 Å². The molecule has 1 atom stereocenters. The molecule has 0 saturated heterocycles. The molecule has 0 radical (unpaired) electrons. The van der Waals surface area contributed by atoms with Crippen LogP contribution in [0.25, 0.3) is 0 Å². The lowest BCUT2D eigenvalue weighted by Gasteiger charge is -2.11. The first-order valence-electron chi connectivity index (χ1n) is 5.81. The summed E-state index contributed by atoms with van der Waals surface area (Å²) < 4.78 is 5.16. The Hall–Kier alpha value is -2.08. The number of aliphatic hydroxyl groups is 1. The van der Waals surface area contributed by atoms with Crippen molar-refractivity contribution in [3.8, 4) is 5.75 Å². The second kappa shape index (κ2) is 6.75. The van der Waals surface area contributed by atoms with Gasteiger partial charge in [-0.2, -0.15) is 0 Å². The number of carbonyl (C=O) groups excluding carboxylic acids is 2. The van der Waals surface area contributed by atoms with E-state index in [-0.39, 0.29) is 18.9 Å². The molecule has 0 aliphatic rings. The number of aryl methyl sites for hydroxylation is 1. The first kappa shape index (κ1) is 15.0. The zero-order chi connectivity index (χ0) is 14.4. The van der Waals surface area contributed by atoms with Crippen molar-refractivity contribution in [2.75, 3.05) is 13.7 Å². The fourth-order valence-electron chi connectivity index (χ4n) is 1.59. The van der Waals surface area contributed by atoms with Crippen molar-refractivity contribution in [1.82, 2.24) is 5.32 Å². The molecule has 1 rings (SSSR count). The van der Waals surface area contributed by atoms with E-state index in [1.54, 1.807) is 6.07 Å². The third kappa shape index (κ3) is 4.59. The van der Waals surface area contributed by atoms with Crippen LogP contribution < -0.4 is 15.8 Å². The van der Waals surface area contributed by atoms with Crippen LogP contribution in [0.3, 0.4) is 0 Å². The van der Waals surface area contributed by atoms with Gasteiger partial charge in [-0.15, -0.1) is 0 Å². The van der Waals surface area contributed by atoms with Crippen LogP contribution in [0.2, 0.25) is 0 Å². The van der Waals surface area contributed by atoms with E-state index < -0.39 is 12.0 Å². The number of ether oxygens (including phenoxy) is 1. The first-order valence-corrected chi connectivity index (χ1v) is 5.81. The standard InChI is InChI=1S/C13H18N2O4/c1-8-3-4-11(19-2)9(5-8)6-12(17)15-7-10(16)13(14)18/h3-5,10,16H,6-7H2,1-2H3,(H2,14,18)(H,15,17). The van der Waals surface area contributed by atoms with Crippen molar-refractivity contribution in [3.05, 3.63) is 29.3 Å². The van der Waals surface area contributed by atoms with Gasteiger partial charge in [0.2, 0.25) is 11.8 Å². The molecule has 1 aromatic carbocycles. The zero-order valence-electron chi connectivity index (χ0n) is 11.0. The number of nitrogens with one attached hydrogen (secondary N) is 1. The van der Waals surface area contributed by atoms with Gasteiger partial charge in [0.25, 0.3) is 0 Å². The maximum absolute atomic E-state index is 11.7. The molecule has 0 aliphatic carbocycles. The van der Waals surface area contributed by atoms with E-state index in [0.717, 1.165) is 11.1 Å². The van der Waals surface area contributed by atoms with Crippen molar-refractivity contribution < 1.29 is 19.4 Å². The Morgan fingerprint density at radius 2 is 2.16 bits per heavy atom. The summed E-state index contributed by atoms with van der Waals surface area (Å²) in [5.41, 5.74) is 6.64. The van der Waals surface area contributed by atoms with Gasteiger partial charge in [-0.05, 0) is 13.0 Å². The van der Waals surface area contributed by atoms with Gasteiger partial charge in [0, 0.05) is 5.56 Å². The van der Waals surface area contributed by atoms with E-state index in [2.05, 4.69) is 5.32 Å². The van der Waals surface area contributed by atoms with Crippen LogP contribution in [-0.2, 0) is 16.0 Å². The molecule has 6 nitrogen and oxygen atoms in total. The Labute approximate surface area is 111 Å². The maximum atomic E-state index is 11.7. The van der Waals surface area contributed by atoms with Crippen LogP contribution in [0.4, 0.5) is 0 Å². The van der Waals surface area contributed by atoms with Crippen molar-refractivity contribution in [3.63, 3.8) is 0 Å². The predicted octanol–water partition coefficient (Wildman–Crippen LogP) is -0.491. The number of primary amides is 1. The average Bonchev–Trinajstić information content (AvgIpc) is 2.36. The van der Waals surface area contributed by atoms with Crippen LogP contribution in [0.15, 0.2) is 18.2 Å². The van der Waals surface area contributed by atoms with Crippen molar-refractivity contribution in [1.29, 1.82) is 0 Å². The molecule has 0 saturated carbocycles. The summed E-state index contributed by atoms with van der Waals surface area (Å²) in [7, 11) is 1.53. The van der Waals surface area contributed by atoms with E-state index in [1.165, 1.54) is 7.11 Å². The molecule has 1 aromatic rings.